The molecule has 6 heteroatoms. The van der Waals surface area contributed by atoms with Crippen LogP contribution in [0.4, 0.5) is 5.69 Å². The SMILES string of the molecule is Cc1ccnc(OCC2CCCCC2CN)c1[N+](=O)[O-]. The van der Waals surface area contributed by atoms with Crippen LogP contribution in [0, 0.1) is 28.9 Å². The van der Waals surface area contributed by atoms with Gasteiger partial charge >= 0.3 is 5.69 Å². The lowest BCUT2D eigenvalue weighted by atomic mass is 9.80. The standard InChI is InChI=1S/C14H21N3O3/c1-10-6-7-16-14(13(10)17(18)19)20-9-12-5-3-2-4-11(12)8-15/h6-7,11-12H,2-5,8-9,15H2,1H3. The van der Waals surface area contributed by atoms with Crippen molar-refractivity contribution >= 4 is 5.69 Å². The lowest BCUT2D eigenvalue weighted by molar-refractivity contribution is -0.386. The van der Waals surface area contributed by atoms with Crippen LogP contribution in [0.5, 0.6) is 5.88 Å². The highest BCUT2D eigenvalue weighted by atomic mass is 16.6. The molecule has 0 aliphatic heterocycles. The summed E-state index contributed by atoms with van der Waals surface area (Å²) in [5.41, 5.74) is 6.32. The molecule has 1 aliphatic carbocycles. The Labute approximate surface area is 118 Å². The van der Waals surface area contributed by atoms with Crippen LogP contribution in [0.3, 0.4) is 0 Å². The van der Waals surface area contributed by atoms with Crippen LogP contribution in [0.1, 0.15) is 31.2 Å². The van der Waals surface area contributed by atoms with E-state index in [4.69, 9.17) is 10.5 Å². The van der Waals surface area contributed by atoms with E-state index in [-0.39, 0.29) is 11.6 Å². The zero-order valence-electron chi connectivity index (χ0n) is 11.7. The fourth-order valence-corrected chi connectivity index (χ4v) is 2.85. The van der Waals surface area contributed by atoms with Gasteiger partial charge in [0.05, 0.1) is 11.5 Å². The summed E-state index contributed by atoms with van der Waals surface area (Å²) in [5.74, 6) is 0.944. The minimum atomic E-state index is -0.432. The molecule has 0 saturated heterocycles. The minimum Gasteiger partial charge on any atom is -0.472 e. The van der Waals surface area contributed by atoms with E-state index in [9.17, 15) is 10.1 Å². The molecule has 0 bridgehead atoms. The predicted molar refractivity (Wildman–Crippen MR) is 75.6 cm³/mol. The van der Waals surface area contributed by atoms with Crippen molar-refractivity contribution in [1.29, 1.82) is 0 Å². The van der Waals surface area contributed by atoms with Crippen LogP contribution >= 0.6 is 0 Å². The summed E-state index contributed by atoms with van der Waals surface area (Å²) >= 11 is 0. The molecule has 1 heterocycles. The number of aryl methyl sites for hydroxylation is 1. The molecule has 0 amide bonds. The van der Waals surface area contributed by atoms with Crippen LogP contribution < -0.4 is 10.5 Å². The quantitative estimate of drug-likeness (QED) is 0.660. The molecule has 1 fully saturated rings. The Balaban J connectivity index is 2.07. The van der Waals surface area contributed by atoms with Gasteiger partial charge in [-0.15, -0.1) is 0 Å². The average molecular weight is 279 g/mol. The highest BCUT2D eigenvalue weighted by Gasteiger charge is 2.26. The lowest BCUT2D eigenvalue weighted by Gasteiger charge is -2.30. The Kier molecular flexibility index (Phi) is 4.89. The van der Waals surface area contributed by atoms with Crippen LogP contribution in [-0.2, 0) is 0 Å². The van der Waals surface area contributed by atoms with Crippen LogP contribution in [0.25, 0.3) is 0 Å². The van der Waals surface area contributed by atoms with Gasteiger partial charge in [-0.1, -0.05) is 12.8 Å². The first-order chi connectivity index (χ1) is 9.63. The third-order valence-electron chi connectivity index (χ3n) is 4.08. The van der Waals surface area contributed by atoms with Gasteiger partial charge in [-0.05, 0) is 44.2 Å². The first-order valence-corrected chi connectivity index (χ1v) is 7.06. The number of ether oxygens (including phenoxy) is 1. The summed E-state index contributed by atoms with van der Waals surface area (Å²) in [6.07, 6.45) is 6.11. The zero-order valence-corrected chi connectivity index (χ0v) is 11.7. The normalized spacial score (nSPS) is 22.5. The van der Waals surface area contributed by atoms with Crippen molar-refractivity contribution in [2.45, 2.75) is 32.6 Å². The number of nitrogens with zero attached hydrogens (tertiary/aromatic N) is 2. The topological polar surface area (TPSA) is 91.3 Å². The molecular formula is C14H21N3O3. The largest absolute Gasteiger partial charge is 0.472 e. The second-order valence-corrected chi connectivity index (χ2v) is 5.39. The number of nitro groups is 1. The monoisotopic (exact) mass is 279 g/mol. The van der Waals surface area contributed by atoms with Crippen molar-refractivity contribution < 1.29 is 9.66 Å². The van der Waals surface area contributed by atoms with Crippen LogP contribution in [0.15, 0.2) is 12.3 Å². The van der Waals surface area contributed by atoms with Gasteiger partial charge in [0.15, 0.2) is 0 Å². The lowest BCUT2D eigenvalue weighted by Crippen LogP contribution is -2.31. The summed E-state index contributed by atoms with van der Waals surface area (Å²) < 4.78 is 5.64. The summed E-state index contributed by atoms with van der Waals surface area (Å²) in [6, 6.07) is 1.62. The highest BCUT2D eigenvalue weighted by molar-refractivity contribution is 5.47. The van der Waals surface area contributed by atoms with Gasteiger partial charge in [-0.25, -0.2) is 4.98 Å². The fourth-order valence-electron chi connectivity index (χ4n) is 2.85. The Hall–Kier alpha value is -1.69. The zero-order chi connectivity index (χ0) is 14.5. The molecule has 2 unspecified atom stereocenters. The minimum absolute atomic E-state index is 0.0346. The molecule has 0 spiro atoms. The van der Waals surface area contributed by atoms with E-state index in [1.54, 1.807) is 19.2 Å². The van der Waals surface area contributed by atoms with E-state index in [1.807, 2.05) is 0 Å². The number of nitrogens with two attached hydrogens (primary N) is 1. The molecule has 110 valence electrons. The van der Waals surface area contributed by atoms with Gasteiger partial charge in [0.1, 0.15) is 0 Å². The summed E-state index contributed by atoms with van der Waals surface area (Å²) in [7, 11) is 0. The van der Waals surface area contributed by atoms with Gasteiger partial charge in [0, 0.05) is 11.8 Å². The van der Waals surface area contributed by atoms with Gasteiger partial charge < -0.3 is 10.5 Å². The Bertz CT molecular complexity index is 479. The molecule has 6 nitrogen and oxygen atoms in total. The van der Waals surface area contributed by atoms with E-state index in [1.165, 1.54) is 12.8 Å². The van der Waals surface area contributed by atoms with E-state index in [0.717, 1.165) is 12.8 Å². The van der Waals surface area contributed by atoms with Gasteiger partial charge in [-0.2, -0.15) is 0 Å². The molecule has 1 saturated carbocycles. The van der Waals surface area contributed by atoms with Crippen molar-refractivity contribution in [3.05, 3.63) is 27.9 Å². The fraction of sp³-hybridized carbons (Fsp3) is 0.643. The predicted octanol–water partition coefficient (Wildman–Crippen LogP) is 2.44. The van der Waals surface area contributed by atoms with Crippen LogP contribution in [-0.4, -0.2) is 23.1 Å². The molecule has 1 aromatic rings. The summed E-state index contributed by atoms with van der Waals surface area (Å²) in [4.78, 5) is 14.6. The first-order valence-electron chi connectivity index (χ1n) is 7.06. The molecule has 0 aromatic carbocycles. The number of hydrogen-bond acceptors (Lipinski definition) is 5. The second kappa shape index (κ2) is 6.65. The summed E-state index contributed by atoms with van der Waals surface area (Å²) in [5, 5.41) is 11.1. The van der Waals surface area contributed by atoms with Crippen LogP contribution in [0.2, 0.25) is 0 Å². The number of pyridine rings is 1. The van der Waals surface area contributed by atoms with Gasteiger partial charge in [0.2, 0.25) is 0 Å². The third kappa shape index (κ3) is 3.25. The van der Waals surface area contributed by atoms with Crippen molar-refractivity contribution in [3.63, 3.8) is 0 Å². The molecule has 0 radical (unpaired) electrons. The highest BCUT2D eigenvalue weighted by Crippen LogP contribution is 2.32. The van der Waals surface area contributed by atoms with E-state index in [2.05, 4.69) is 4.98 Å². The molecule has 1 aliphatic rings. The Morgan fingerprint density at radius 2 is 2.15 bits per heavy atom. The van der Waals surface area contributed by atoms with Gasteiger partial charge in [-0.3, -0.25) is 10.1 Å². The Morgan fingerprint density at radius 3 is 2.80 bits per heavy atom. The van der Waals surface area contributed by atoms with Crippen molar-refractivity contribution in [2.24, 2.45) is 17.6 Å². The molecule has 2 atom stereocenters. The van der Waals surface area contributed by atoms with Crippen molar-refractivity contribution in [1.82, 2.24) is 4.98 Å². The number of aromatic nitrogens is 1. The maximum atomic E-state index is 11.1. The Morgan fingerprint density at radius 1 is 1.45 bits per heavy atom. The van der Waals surface area contributed by atoms with E-state index in [0.29, 0.717) is 30.6 Å². The molecule has 2 N–H and O–H groups in total. The smallest absolute Gasteiger partial charge is 0.333 e. The maximum absolute atomic E-state index is 11.1. The molecule has 2 rings (SSSR count). The number of hydrogen-bond donors (Lipinski definition) is 1. The third-order valence-corrected chi connectivity index (χ3v) is 4.08. The van der Waals surface area contributed by atoms with Crippen molar-refractivity contribution in [2.75, 3.05) is 13.2 Å². The second-order valence-electron chi connectivity index (χ2n) is 5.39. The number of rotatable bonds is 5. The molecule has 20 heavy (non-hydrogen) atoms. The first kappa shape index (κ1) is 14.7. The summed E-state index contributed by atoms with van der Waals surface area (Å²) in [6.45, 7) is 2.80. The molecular weight excluding hydrogens is 258 g/mol. The maximum Gasteiger partial charge on any atom is 0.333 e. The average Bonchev–Trinajstić information content (AvgIpc) is 2.45. The van der Waals surface area contributed by atoms with E-state index >= 15 is 0 Å². The van der Waals surface area contributed by atoms with Gasteiger partial charge in [0.25, 0.3) is 5.88 Å². The molecule has 1 aromatic heterocycles. The van der Waals surface area contributed by atoms with Crippen molar-refractivity contribution in [3.8, 4) is 5.88 Å². The van der Waals surface area contributed by atoms with E-state index < -0.39 is 4.92 Å².